The van der Waals surface area contributed by atoms with Crippen LogP contribution in [0.1, 0.15) is 114 Å². The van der Waals surface area contributed by atoms with Crippen molar-refractivity contribution in [3.05, 3.63) is 270 Å². The molecule has 0 radical (unpaired) electrons. The minimum atomic E-state index is -5.23. The molecule has 4 spiro atoms. The van der Waals surface area contributed by atoms with Crippen LogP contribution in [0.5, 0.6) is 0 Å². The number of fused-ring (bicyclic) bond motifs is 10. The Bertz CT molecular complexity index is 3980. The van der Waals surface area contributed by atoms with Crippen LogP contribution in [0.4, 0.5) is 0 Å². The van der Waals surface area contributed by atoms with Crippen molar-refractivity contribution in [3.8, 4) is 22.3 Å². The summed E-state index contributed by atoms with van der Waals surface area (Å²) < 4.78 is 33.7. The molecule has 462 valence electrons. The largest absolute Gasteiger partial charge is 0.109 e. The van der Waals surface area contributed by atoms with Gasteiger partial charge in [-0.1, -0.05) is 0 Å². The zero-order valence-electron chi connectivity index (χ0n) is 54.8. The van der Waals surface area contributed by atoms with Gasteiger partial charge in [-0.25, -0.2) is 0 Å². The average molecular weight is 1370 g/mol. The van der Waals surface area contributed by atoms with E-state index in [4.69, 9.17) is 32.7 Å². The van der Waals surface area contributed by atoms with Gasteiger partial charge < -0.3 is 4.74 Å². The number of rotatable bonds is 6. The zero-order chi connectivity index (χ0) is 64.2. The molecular weight excluding hydrogens is 1290 g/mol. The molecule has 10 heteroatoms. The fourth-order valence-corrected chi connectivity index (χ4v) is 49.6. The van der Waals surface area contributed by atoms with Crippen molar-refractivity contribution in [1.82, 2.24) is 0 Å². The van der Waals surface area contributed by atoms with Crippen molar-refractivity contribution in [2.75, 3.05) is 18.6 Å². The van der Waals surface area contributed by atoms with Crippen LogP contribution in [-0.4, -0.2) is 57.7 Å². The van der Waals surface area contributed by atoms with Crippen LogP contribution in [0.2, 0.25) is 0 Å². The summed E-state index contributed by atoms with van der Waals surface area (Å²) in [6, 6.07) is 65.0. The van der Waals surface area contributed by atoms with Gasteiger partial charge in [0, 0.05) is 13.2 Å². The Balaban J connectivity index is 0.000000854. The first kappa shape index (κ1) is 62.1. The molecule has 3 heterocycles. The predicted octanol–water partition coefficient (Wildman–Crippen LogP) is 15.4. The molecule has 4 fully saturated rings. The van der Waals surface area contributed by atoms with Gasteiger partial charge in [0.1, 0.15) is 0 Å². The van der Waals surface area contributed by atoms with Crippen LogP contribution in [0.15, 0.2) is 170 Å². The summed E-state index contributed by atoms with van der Waals surface area (Å²) in [5.74, 6) is -4.26. The van der Waals surface area contributed by atoms with E-state index in [0.29, 0.717) is 0 Å². The molecule has 8 aliphatic rings. The van der Waals surface area contributed by atoms with Crippen molar-refractivity contribution >= 4 is 79.9 Å². The average Bonchev–Trinajstić information content (AvgIpc) is 1.42. The molecule has 1 saturated carbocycles. The zero-order valence-corrected chi connectivity index (χ0v) is 60.5. The molecule has 6 atom stereocenters. The van der Waals surface area contributed by atoms with Crippen molar-refractivity contribution in [1.29, 1.82) is 0 Å². The second kappa shape index (κ2) is 22.1. The first-order valence-electron chi connectivity index (χ1n) is 32.4. The summed E-state index contributed by atoms with van der Waals surface area (Å²) >= 11 is -0.930. The van der Waals surface area contributed by atoms with Gasteiger partial charge in [0.15, 0.2) is 0 Å². The summed E-state index contributed by atoms with van der Waals surface area (Å²) in [6.45, 7) is 33.1. The first-order chi connectivity index (χ1) is 43.7. The van der Waals surface area contributed by atoms with Gasteiger partial charge in [-0.05, 0) is 13.8 Å². The number of hydrogen-bond acceptors (Lipinski definition) is 6. The SMILES string of the molecule is CCOCC.Cc1cc(C)[c]([Ge]2([c]3c(C)cc(C)cc3C)[O][C@]34c5ccccc5[C@@]5([O][Ge]([c]6c(C)cc(C)cc6C)([c]6c(C)cc(C)cc6C)[C]6(c7ccccc7-c7ccccc76)[C@H]5[C@@H]3[C]23c2ccccc2-c2ccccc23)[C@H]2C(=O)OC(=O)[C@H]24)c(C)c1.ClCCl. The third-order valence-electron chi connectivity index (χ3n) is 22.2. The number of carbonyl (C=O) groups excluding carboxylic acids is 2. The first-order valence-corrected chi connectivity index (χ1v) is 41.5. The number of halogens is 2. The van der Waals surface area contributed by atoms with E-state index in [0.717, 1.165) is 24.3 Å². The Hall–Kier alpha value is -6.33. The Kier molecular flexibility index (Phi) is 15.1. The van der Waals surface area contributed by atoms with Gasteiger partial charge >= 0.3 is 497 Å². The predicted molar refractivity (Wildman–Crippen MR) is 374 cm³/mol. The molecular formula is C81H80Cl2Ge2O6. The van der Waals surface area contributed by atoms with E-state index in [-0.39, 0.29) is 5.34 Å². The number of aryl methyl sites for hydroxylation is 12. The fourth-order valence-electron chi connectivity index (χ4n) is 21.0. The molecule has 91 heavy (non-hydrogen) atoms. The third-order valence-corrected chi connectivity index (χ3v) is 45.6. The molecule has 6 nitrogen and oxygen atoms in total. The number of cyclic esters (lactones) is 2. The van der Waals surface area contributed by atoms with Crippen LogP contribution >= 0.6 is 23.2 Å². The van der Waals surface area contributed by atoms with Gasteiger partial charge in [-0.3, -0.25) is 0 Å². The van der Waals surface area contributed by atoms with Crippen LogP contribution in [0.3, 0.4) is 0 Å². The van der Waals surface area contributed by atoms with Gasteiger partial charge in [0.25, 0.3) is 0 Å². The summed E-state index contributed by atoms with van der Waals surface area (Å²) in [5.41, 5.74) is 23.0. The molecule has 17 rings (SSSR count). The van der Waals surface area contributed by atoms with Gasteiger partial charge in [-0.15, -0.1) is 23.2 Å². The topological polar surface area (TPSA) is 71.1 Å². The van der Waals surface area contributed by atoms with E-state index in [9.17, 15) is 7.53 Å². The molecule has 5 aliphatic carbocycles. The second-order valence-corrected chi connectivity index (χ2v) is 42.0. The summed E-state index contributed by atoms with van der Waals surface area (Å²) in [5, 5.41) is 0.194. The van der Waals surface area contributed by atoms with E-state index < -0.39 is 82.5 Å². The standard InChI is InChI=1S/C76H68Ge2O5.C4H10O.CH2Cl2/c1-41-33-45(5)65(46(6)34-41)77(66-47(7)35-42(2)36-48(66)8)73(57-27-17-13-23-53(57)54-24-14-18-28-58(54)73)69-70-74(59-29-19-15-25-55(59)56-26-16-20-30-60(56)74)78(67-49(9)37-43(3)38-50(67)10,68-51(11)39-44(4)40-52(68)12)83-76(70)62-32-22-21-31-61(62)75(69,82-77)63-64(76)72(80)81-71(63)79;1-3-5-4-2;2-1-3/h13-40,63-64,69-70H,1-12H3;3-4H2,1-2H3;1H2/t63-,64+,69-,70-,75-,76+;;/m1../s1. The maximum atomic E-state index is 16.4. The molecule has 0 N–H and O–H groups in total. The van der Waals surface area contributed by atoms with E-state index in [1.54, 1.807) is 0 Å². The Morgan fingerprint density at radius 2 is 0.593 bits per heavy atom. The second-order valence-electron chi connectivity index (χ2n) is 27.1. The molecule has 0 amide bonds. The Morgan fingerprint density at radius 1 is 0.374 bits per heavy atom. The van der Waals surface area contributed by atoms with E-state index >= 15 is 9.59 Å². The number of ether oxygens (including phenoxy) is 2. The van der Waals surface area contributed by atoms with E-state index in [2.05, 4.69) is 253 Å². The maximum absolute atomic E-state index is 16.4. The van der Waals surface area contributed by atoms with E-state index in [1.165, 1.54) is 129 Å². The molecule has 0 unspecified atom stereocenters. The summed E-state index contributed by atoms with van der Waals surface area (Å²) in [7, 11) is 0. The van der Waals surface area contributed by atoms with Crippen molar-refractivity contribution in [2.24, 2.45) is 23.7 Å². The number of benzene rings is 9. The van der Waals surface area contributed by atoms with Crippen LogP contribution in [0, 0.1) is 107 Å². The van der Waals surface area contributed by atoms with Crippen LogP contribution in [0.25, 0.3) is 22.3 Å². The van der Waals surface area contributed by atoms with Gasteiger partial charge in [-0.2, -0.15) is 0 Å². The minimum Gasteiger partial charge on any atom is -0.109 e. The molecule has 9 aromatic carbocycles. The number of carbonyl (C=O) groups is 2. The van der Waals surface area contributed by atoms with Crippen molar-refractivity contribution < 1.29 is 26.6 Å². The van der Waals surface area contributed by atoms with Gasteiger partial charge in [0.2, 0.25) is 0 Å². The third kappa shape index (κ3) is 7.73. The number of alkyl halides is 2. The Morgan fingerprint density at radius 3 is 0.813 bits per heavy atom. The molecule has 9 aromatic rings. The van der Waals surface area contributed by atoms with Crippen molar-refractivity contribution in [2.45, 2.75) is 117 Å². The molecule has 2 bridgehead atoms. The summed E-state index contributed by atoms with van der Waals surface area (Å²) in [6.07, 6.45) is 0. The number of esters is 2. The van der Waals surface area contributed by atoms with Crippen LogP contribution in [-0.2, 0) is 46.3 Å². The minimum absolute atomic E-state index is 0.194. The molecule has 3 saturated heterocycles. The van der Waals surface area contributed by atoms with Gasteiger partial charge in [0.05, 0.1) is 5.34 Å². The monoisotopic (exact) mass is 1370 g/mol. The quantitative estimate of drug-likeness (QED) is 0.0715. The molecule has 3 aliphatic heterocycles. The normalized spacial score (nSPS) is 23.4. The number of hydrogen-bond donors (Lipinski definition) is 0. The summed E-state index contributed by atoms with van der Waals surface area (Å²) in [4.78, 5) is 32.9. The van der Waals surface area contributed by atoms with Crippen LogP contribution < -0.4 is 17.6 Å². The fraction of sp³-hybridized carbons (Fsp3) is 0.309. The van der Waals surface area contributed by atoms with Crippen molar-refractivity contribution in [3.63, 3.8) is 0 Å². The van der Waals surface area contributed by atoms with E-state index in [1.807, 2.05) is 13.8 Å². The smallest absolute Gasteiger partial charge is 0.0967 e. The Labute approximate surface area is 553 Å². The maximum Gasteiger partial charge on any atom is 0.0967 e. The molecule has 0 aromatic heterocycles.